The van der Waals surface area contributed by atoms with Crippen molar-refractivity contribution in [3.05, 3.63) is 53.6 Å². The van der Waals surface area contributed by atoms with E-state index in [2.05, 4.69) is 15.2 Å². The van der Waals surface area contributed by atoms with Crippen molar-refractivity contribution in [3.8, 4) is 11.4 Å². The van der Waals surface area contributed by atoms with E-state index in [9.17, 15) is 22.4 Å². The second-order valence-corrected chi connectivity index (χ2v) is 5.91. The minimum absolute atomic E-state index is 0.00312. The highest BCUT2D eigenvalue weighted by Gasteiger charge is 2.31. The molecule has 3 rings (SSSR count). The molecule has 2 N–H and O–H groups in total. The van der Waals surface area contributed by atoms with Gasteiger partial charge in [0.15, 0.2) is 5.82 Å². The summed E-state index contributed by atoms with van der Waals surface area (Å²) in [5, 5.41) is 7.98. The van der Waals surface area contributed by atoms with Gasteiger partial charge >= 0.3 is 6.18 Å². The Morgan fingerprint density at radius 1 is 1.29 bits per heavy atom. The standard InChI is InChI=1S/C17H14F4N6O/c1-26-7-12(6-24-26)14(15(22)28)8-27-9-23-16(25-27)11-2-10(5-18)3-13(4-11)17(19,20)21/h2-4,6-9H,5H2,1H3,(H2,22,28)/b14-8-. The zero-order chi connectivity index (χ0) is 20.5. The molecule has 3 aromatic rings. The van der Waals surface area contributed by atoms with Crippen LogP contribution in [-0.2, 0) is 24.7 Å². The third-order valence-electron chi connectivity index (χ3n) is 3.78. The molecule has 2 aromatic heterocycles. The SMILES string of the molecule is Cn1cc(/C(=C/n2cnc(-c3cc(CF)cc(C(F)(F)F)c3)n2)C(N)=O)cn1. The first kappa shape index (κ1) is 19.3. The number of alkyl halides is 4. The molecule has 1 amide bonds. The number of nitrogens with two attached hydrogens (primary N) is 1. The number of carbonyl (C=O) groups is 1. The number of halogens is 4. The van der Waals surface area contributed by atoms with E-state index in [1.807, 2.05) is 0 Å². The highest BCUT2D eigenvalue weighted by molar-refractivity contribution is 6.22. The molecule has 0 aliphatic carbocycles. The zero-order valence-electron chi connectivity index (χ0n) is 14.5. The summed E-state index contributed by atoms with van der Waals surface area (Å²) in [4.78, 5) is 15.7. The Kier molecular flexibility index (Phi) is 4.99. The summed E-state index contributed by atoms with van der Waals surface area (Å²) in [6, 6.07) is 2.79. The molecule has 0 saturated heterocycles. The fourth-order valence-electron chi connectivity index (χ4n) is 2.50. The summed E-state index contributed by atoms with van der Waals surface area (Å²) < 4.78 is 54.6. The van der Waals surface area contributed by atoms with Crippen LogP contribution in [0.15, 0.2) is 36.9 Å². The topological polar surface area (TPSA) is 91.6 Å². The molecule has 0 atom stereocenters. The van der Waals surface area contributed by atoms with Gasteiger partial charge < -0.3 is 5.73 Å². The number of nitrogens with zero attached hydrogens (tertiary/aromatic N) is 5. The molecule has 1 aromatic carbocycles. The van der Waals surface area contributed by atoms with Crippen molar-refractivity contribution in [2.75, 3.05) is 0 Å². The van der Waals surface area contributed by atoms with E-state index in [0.29, 0.717) is 5.56 Å². The molecule has 0 unspecified atom stereocenters. The Hall–Kier alpha value is -3.50. The lowest BCUT2D eigenvalue weighted by atomic mass is 10.1. The number of amides is 1. The fourth-order valence-corrected chi connectivity index (χ4v) is 2.50. The molecule has 0 spiro atoms. The van der Waals surface area contributed by atoms with E-state index in [-0.39, 0.29) is 22.5 Å². The Morgan fingerprint density at radius 3 is 2.61 bits per heavy atom. The molecule has 2 heterocycles. The van der Waals surface area contributed by atoms with E-state index in [1.165, 1.54) is 29.5 Å². The molecule has 28 heavy (non-hydrogen) atoms. The molecule has 0 saturated carbocycles. The van der Waals surface area contributed by atoms with Gasteiger partial charge in [-0.05, 0) is 23.8 Å². The van der Waals surface area contributed by atoms with Crippen LogP contribution in [0.25, 0.3) is 23.2 Å². The van der Waals surface area contributed by atoms with Crippen LogP contribution in [0, 0.1) is 0 Å². The first-order valence-corrected chi connectivity index (χ1v) is 7.86. The molecular formula is C17H14F4N6O. The van der Waals surface area contributed by atoms with E-state index >= 15 is 0 Å². The van der Waals surface area contributed by atoms with Crippen molar-refractivity contribution < 1.29 is 22.4 Å². The average molecular weight is 394 g/mol. The second-order valence-electron chi connectivity index (χ2n) is 5.91. The summed E-state index contributed by atoms with van der Waals surface area (Å²) in [6.45, 7) is -1.07. The van der Waals surface area contributed by atoms with Gasteiger partial charge in [0.25, 0.3) is 5.91 Å². The van der Waals surface area contributed by atoms with Crippen LogP contribution >= 0.6 is 0 Å². The number of rotatable bonds is 5. The summed E-state index contributed by atoms with van der Waals surface area (Å²) in [7, 11) is 1.66. The van der Waals surface area contributed by atoms with Crippen molar-refractivity contribution in [2.24, 2.45) is 12.8 Å². The van der Waals surface area contributed by atoms with Crippen molar-refractivity contribution in [2.45, 2.75) is 12.9 Å². The highest BCUT2D eigenvalue weighted by atomic mass is 19.4. The lowest BCUT2D eigenvalue weighted by molar-refractivity contribution is -0.137. The van der Waals surface area contributed by atoms with Crippen molar-refractivity contribution in [1.29, 1.82) is 0 Å². The van der Waals surface area contributed by atoms with Gasteiger partial charge in [-0.1, -0.05) is 0 Å². The number of benzene rings is 1. The van der Waals surface area contributed by atoms with Crippen molar-refractivity contribution >= 4 is 17.7 Å². The van der Waals surface area contributed by atoms with Gasteiger partial charge in [-0.3, -0.25) is 9.48 Å². The smallest absolute Gasteiger partial charge is 0.366 e. The quantitative estimate of drug-likeness (QED) is 0.532. The molecule has 0 bridgehead atoms. The third-order valence-corrected chi connectivity index (χ3v) is 3.78. The van der Waals surface area contributed by atoms with Gasteiger partial charge in [0.2, 0.25) is 0 Å². The Morgan fingerprint density at radius 2 is 2.04 bits per heavy atom. The van der Waals surface area contributed by atoms with Crippen LogP contribution in [-0.4, -0.2) is 30.5 Å². The van der Waals surface area contributed by atoms with Crippen molar-refractivity contribution in [3.63, 3.8) is 0 Å². The van der Waals surface area contributed by atoms with Crippen LogP contribution in [0.4, 0.5) is 17.6 Å². The molecule has 11 heteroatoms. The van der Waals surface area contributed by atoms with Crippen LogP contribution in [0.5, 0.6) is 0 Å². The highest BCUT2D eigenvalue weighted by Crippen LogP contribution is 2.33. The van der Waals surface area contributed by atoms with Crippen LogP contribution in [0.2, 0.25) is 0 Å². The lowest BCUT2D eigenvalue weighted by Gasteiger charge is -2.09. The molecule has 0 aliphatic rings. The normalized spacial score (nSPS) is 12.4. The summed E-state index contributed by atoms with van der Waals surface area (Å²) in [5.41, 5.74) is 4.74. The molecule has 146 valence electrons. The van der Waals surface area contributed by atoms with Crippen LogP contribution in [0.3, 0.4) is 0 Å². The van der Waals surface area contributed by atoms with Gasteiger partial charge in [-0.25, -0.2) is 14.1 Å². The maximum absolute atomic E-state index is 13.0. The van der Waals surface area contributed by atoms with Gasteiger partial charge in [0.1, 0.15) is 13.0 Å². The molecular weight excluding hydrogens is 380 g/mol. The van der Waals surface area contributed by atoms with Gasteiger partial charge in [-0.2, -0.15) is 18.3 Å². The second kappa shape index (κ2) is 7.25. The Balaban J connectivity index is 2.01. The number of hydrogen-bond donors (Lipinski definition) is 1. The predicted octanol–water partition coefficient (Wildman–Crippen LogP) is 2.65. The fraction of sp³-hybridized carbons (Fsp3) is 0.176. The van der Waals surface area contributed by atoms with Gasteiger partial charge in [0.05, 0.1) is 17.3 Å². The number of carbonyl (C=O) groups excluding carboxylic acids is 1. The van der Waals surface area contributed by atoms with E-state index in [0.717, 1.165) is 16.8 Å². The summed E-state index contributed by atoms with van der Waals surface area (Å²) in [6.07, 6.45) is 0.828. The largest absolute Gasteiger partial charge is 0.416 e. The number of aromatic nitrogens is 5. The maximum atomic E-state index is 13.0. The average Bonchev–Trinajstić information content (AvgIpc) is 3.27. The summed E-state index contributed by atoms with van der Waals surface area (Å²) >= 11 is 0. The van der Waals surface area contributed by atoms with Crippen LogP contribution < -0.4 is 5.73 Å². The maximum Gasteiger partial charge on any atom is 0.416 e. The third kappa shape index (κ3) is 4.08. The van der Waals surface area contributed by atoms with Crippen molar-refractivity contribution in [1.82, 2.24) is 24.5 Å². The first-order chi connectivity index (χ1) is 13.2. The minimum Gasteiger partial charge on any atom is -0.366 e. The van der Waals surface area contributed by atoms with E-state index in [1.54, 1.807) is 13.2 Å². The molecule has 0 fully saturated rings. The van der Waals surface area contributed by atoms with E-state index < -0.39 is 24.3 Å². The Bertz CT molecular complexity index is 1050. The number of aryl methyl sites for hydroxylation is 1. The van der Waals surface area contributed by atoms with Gasteiger partial charge in [0, 0.05) is 30.6 Å². The molecule has 0 radical (unpaired) electrons. The minimum atomic E-state index is -4.64. The number of primary amides is 1. The van der Waals surface area contributed by atoms with E-state index in [4.69, 9.17) is 5.73 Å². The molecule has 7 nitrogen and oxygen atoms in total. The van der Waals surface area contributed by atoms with Crippen LogP contribution in [0.1, 0.15) is 16.7 Å². The lowest BCUT2D eigenvalue weighted by Crippen LogP contribution is -2.13. The Labute approximate surface area is 156 Å². The van der Waals surface area contributed by atoms with Gasteiger partial charge in [-0.15, -0.1) is 5.10 Å². The number of hydrogen-bond acceptors (Lipinski definition) is 4. The summed E-state index contributed by atoms with van der Waals surface area (Å²) in [5.74, 6) is -0.809. The predicted molar refractivity (Wildman–Crippen MR) is 91.8 cm³/mol. The first-order valence-electron chi connectivity index (χ1n) is 7.86. The zero-order valence-corrected chi connectivity index (χ0v) is 14.5. The molecule has 0 aliphatic heterocycles. The monoisotopic (exact) mass is 394 g/mol.